The van der Waals surface area contributed by atoms with E-state index in [-0.39, 0.29) is 31.1 Å². The molecule has 0 spiro atoms. The van der Waals surface area contributed by atoms with Gasteiger partial charge in [0.1, 0.15) is 0 Å². The molecule has 3 amide bonds. The summed E-state index contributed by atoms with van der Waals surface area (Å²) in [6.45, 7) is 0. The van der Waals surface area contributed by atoms with E-state index < -0.39 is 5.91 Å². The molecule has 0 atom stereocenters. The quantitative estimate of drug-likeness (QED) is 0.501. The summed E-state index contributed by atoms with van der Waals surface area (Å²) in [6.07, 6.45) is 0.981. The van der Waals surface area contributed by atoms with Crippen LogP contribution in [0.15, 0.2) is 0 Å². The van der Waals surface area contributed by atoms with Gasteiger partial charge in [0.05, 0.1) is 0 Å². The number of nitrogens with zero attached hydrogens (tertiary/aromatic N) is 1. The second-order valence-electron chi connectivity index (χ2n) is 2.81. The average molecular weight is 204 g/mol. The van der Waals surface area contributed by atoms with Crippen molar-refractivity contribution >= 4 is 29.3 Å². The molecule has 0 aromatic carbocycles. The summed E-state index contributed by atoms with van der Waals surface area (Å²) in [4.78, 5) is 34.1. The Kier molecular flexibility index (Phi) is 3.42. The highest BCUT2D eigenvalue weighted by molar-refractivity contribution is 6.18. The van der Waals surface area contributed by atoms with Gasteiger partial charge in [-0.3, -0.25) is 14.4 Å². The van der Waals surface area contributed by atoms with Crippen LogP contribution in [0.2, 0.25) is 0 Å². The smallest absolute Gasteiger partial charge is 0.236 e. The van der Waals surface area contributed by atoms with Crippen LogP contribution in [-0.4, -0.2) is 28.5 Å². The topological polar surface area (TPSA) is 54.5 Å². The number of likely N-dealkylation sites (tertiary alicyclic amines) is 1. The molecule has 13 heavy (non-hydrogen) atoms. The molecule has 1 saturated heterocycles. The average Bonchev–Trinajstić information content (AvgIpc) is 2.42. The predicted molar refractivity (Wildman–Crippen MR) is 46.0 cm³/mol. The first kappa shape index (κ1) is 10.2. The van der Waals surface area contributed by atoms with Crippen molar-refractivity contribution in [2.45, 2.75) is 25.7 Å². The second-order valence-corrected chi connectivity index (χ2v) is 3.19. The summed E-state index contributed by atoms with van der Waals surface area (Å²) in [5.74, 6) is -0.829. The van der Waals surface area contributed by atoms with Crippen LogP contribution in [0.1, 0.15) is 25.7 Å². The van der Waals surface area contributed by atoms with E-state index in [0.29, 0.717) is 12.3 Å². The standard InChI is InChI=1S/C8H10ClNO3/c9-5-1-2-6(11)10-7(12)3-4-8(10)13/h1-5H2. The Morgan fingerprint density at radius 3 is 2.31 bits per heavy atom. The number of halogens is 1. The third kappa shape index (κ3) is 2.28. The number of rotatable bonds is 3. The number of carbonyl (C=O) groups is 3. The van der Waals surface area contributed by atoms with Crippen molar-refractivity contribution < 1.29 is 14.4 Å². The molecule has 0 aliphatic carbocycles. The van der Waals surface area contributed by atoms with Gasteiger partial charge >= 0.3 is 0 Å². The van der Waals surface area contributed by atoms with Gasteiger partial charge in [-0.25, -0.2) is 4.90 Å². The van der Waals surface area contributed by atoms with Gasteiger partial charge < -0.3 is 0 Å². The largest absolute Gasteiger partial charge is 0.274 e. The Balaban J connectivity index is 2.54. The van der Waals surface area contributed by atoms with E-state index in [4.69, 9.17) is 11.6 Å². The Morgan fingerprint density at radius 2 is 1.85 bits per heavy atom. The summed E-state index contributed by atoms with van der Waals surface area (Å²) in [5.41, 5.74) is 0. The SMILES string of the molecule is O=C(CCCCl)N1C(=O)CCC1=O. The van der Waals surface area contributed by atoms with Crippen molar-refractivity contribution in [3.8, 4) is 0 Å². The van der Waals surface area contributed by atoms with Crippen LogP contribution in [0.5, 0.6) is 0 Å². The van der Waals surface area contributed by atoms with Gasteiger partial charge in [0, 0.05) is 25.1 Å². The van der Waals surface area contributed by atoms with E-state index in [1.54, 1.807) is 0 Å². The minimum atomic E-state index is -0.423. The van der Waals surface area contributed by atoms with Gasteiger partial charge in [-0.15, -0.1) is 11.6 Å². The lowest BCUT2D eigenvalue weighted by atomic mass is 10.3. The van der Waals surface area contributed by atoms with Gasteiger partial charge in [0.15, 0.2) is 0 Å². The number of alkyl halides is 1. The zero-order valence-corrected chi connectivity index (χ0v) is 7.84. The van der Waals surface area contributed by atoms with E-state index in [2.05, 4.69) is 0 Å². The molecular weight excluding hydrogens is 194 g/mol. The molecule has 0 saturated carbocycles. The molecule has 72 valence electrons. The van der Waals surface area contributed by atoms with Crippen LogP contribution in [0.3, 0.4) is 0 Å². The highest BCUT2D eigenvalue weighted by Gasteiger charge is 2.33. The first-order valence-corrected chi connectivity index (χ1v) is 4.65. The van der Waals surface area contributed by atoms with E-state index in [9.17, 15) is 14.4 Å². The maximum absolute atomic E-state index is 11.3. The molecular formula is C8H10ClNO3. The van der Waals surface area contributed by atoms with Crippen LogP contribution in [0.4, 0.5) is 0 Å². The Hall–Kier alpha value is -0.900. The van der Waals surface area contributed by atoms with E-state index in [1.165, 1.54) is 0 Å². The fraction of sp³-hybridized carbons (Fsp3) is 0.625. The predicted octanol–water partition coefficient (Wildman–Crippen LogP) is 0.681. The van der Waals surface area contributed by atoms with Gasteiger partial charge in [-0.2, -0.15) is 0 Å². The van der Waals surface area contributed by atoms with Crippen molar-refractivity contribution in [1.82, 2.24) is 4.90 Å². The molecule has 1 aliphatic rings. The van der Waals surface area contributed by atoms with Crippen LogP contribution in [0, 0.1) is 0 Å². The summed E-state index contributed by atoms with van der Waals surface area (Å²) >= 11 is 5.38. The fourth-order valence-corrected chi connectivity index (χ4v) is 1.32. The lowest BCUT2D eigenvalue weighted by Crippen LogP contribution is -2.35. The molecule has 1 rings (SSSR count). The van der Waals surface area contributed by atoms with Crippen LogP contribution in [-0.2, 0) is 14.4 Å². The van der Waals surface area contributed by atoms with Crippen molar-refractivity contribution in [2.75, 3.05) is 5.88 Å². The van der Waals surface area contributed by atoms with Gasteiger partial charge in [-0.05, 0) is 6.42 Å². The normalized spacial score (nSPS) is 16.8. The minimum Gasteiger partial charge on any atom is -0.274 e. The molecule has 1 heterocycles. The lowest BCUT2D eigenvalue weighted by molar-refractivity contribution is -0.149. The molecule has 1 aliphatic heterocycles. The molecule has 0 bridgehead atoms. The summed E-state index contributed by atoms with van der Waals surface area (Å²) in [7, 11) is 0. The monoisotopic (exact) mass is 203 g/mol. The van der Waals surface area contributed by atoms with E-state index in [0.717, 1.165) is 4.90 Å². The molecule has 5 heteroatoms. The third-order valence-corrected chi connectivity index (χ3v) is 2.09. The van der Waals surface area contributed by atoms with E-state index >= 15 is 0 Å². The Morgan fingerprint density at radius 1 is 1.31 bits per heavy atom. The van der Waals surface area contributed by atoms with Crippen molar-refractivity contribution in [2.24, 2.45) is 0 Å². The van der Waals surface area contributed by atoms with Crippen LogP contribution < -0.4 is 0 Å². The zero-order chi connectivity index (χ0) is 9.84. The molecule has 0 aromatic heterocycles. The first-order valence-electron chi connectivity index (χ1n) is 4.11. The molecule has 0 aromatic rings. The van der Waals surface area contributed by atoms with Crippen molar-refractivity contribution in [3.05, 3.63) is 0 Å². The fourth-order valence-electron chi connectivity index (χ4n) is 1.18. The molecule has 0 N–H and O–H groups in total. The highest BCUT2D eigenvalue weighted by Crippen LogP contribution is 2.13. The number of amides is 3. The Bertz CT molecular complexity index is 236. The lowest BCUT2D eigenvalue weighted by Gasteiger charge is -2.10. The number of hydrogen-bond acceptors (Lipinski definition) is 3. The maximum atomic E-state index is 11.3. The third-order valence-electron chi connectivity index (χ3n) is 1.83. The van der Waals surface area contributed by atoms with Crippen LogP contribution >= 0.6 is 11.6 Å². The van der Waals surface area contributed by atoms with Crippen molar-refractivity contribution in [3.63, 3.8) is 0 Å². The van der Waals surface area contributed by atoms with Crippen molar-refractivity contribution in [1.29, 1.82) is 0 Å². The molecule has 0 unspecified atom stereocenters. The maximum Gasteiger partial charge on any atom is 0.236 e. The summed E-state index contributed by atoms with van der Waals surface area (Å²) in [6, 6.07) is 0. The van der Waals surface area contributed by atoms with E-state index in [1.807, 2.05) is 0 Å². The van der Waals surface area contributed by atoms with Gasteiger partial charge in [0.2, 0.25) is 17.7 Å². The molecule has 1 fully saturated rings. The Labute approximate surface area is 80.8 Å². The van der Waals surface area contributed by atoms with Gasteiger partial charge in [0.25, 0.3) is 0 Å². The zero-order valence-electron chi connectivity index (χ0n) is 7.09. The second kappa shape index (κ2) is 4.37. The summed E-state index contributed by atoms with van der Waals surface area (Å²) < 4.78 is 0. The van der Waals surface area contributed by atoms with Crippen LogP contribution in [0.25, 0.3) is 0 Å². The van der Waals surface area contributed by atoms with Gasteiger partial charge in [-0.1, -0.05) is 0 Å². The number of hydrogen-bond donors (Lipinski definition) is 0. The number of carbonyl (C=O) groups excluding carboxylic acids is 3. The first-order chi connectivity index (χ1) is 6.16. The summed E-state index contributed by atoms with van der Waals surface area (Å²) in [5, 5.41) is 0. The minimum absolute atomic E-state index is 0.158. The number of imide groups is 3. The molecule has 4 nitrogen and oxygen atoms in total. The highest BCUT2D eigenvalue weighted by atomic mass is 35.5. The molecule has 0 radical (unpaired) electrons.